The fourth-order valence-electron chi connectivity index (χ4n) is 2.03. The van der Waals surface area contributed by atoms with Gasteiger partial charge in [0.1, 0.15) is 5.75 Å². The standard InChI is InChI=1S/C17H19BrN2O2S/c1-10-5-6-11(2)17(12(10)3)22-9-16(21)20-19-13(4)14-7-8-15(18)23-14/h5-8H,9H2,1-4H3,(H,20,21). The van der Waals surface area contributed by atoms with Crippen molar-refractivity contribution in [3.63, 3.8) is 0 Å². The highest BCUT2D eigenvalue weighted by molar-refractivity contribution is 9.11. The summed E-state index contributed by atoms with van der Waals surface area (Å²) in [6, 6.07) is 7.94. The molecule has 1 amide bonds. The second kappa shape index (κ2) is 7.75. The zero-order valence-electron chi connectivity index (χ0n) is 13.6. The molecule has 1 aromatic heterocycles. The van der Waals surface area contributed by atoms with Crippen LogP contribution in [0, 0.1) is 20.8 Å². The van der Waals surface area contributed by atoms with Gasteiger partial charge in [0.15, 0.2) is 6.61 Å². The van der Waals surface area contributed by atoms with Crippen LogP contribution in [0.1, 0.15) is 28.5 Å². The van der Waals surface area contributed by atoms with Gasteiger partial charge in [0.2, 0.25) is 0 Å². The minimum absolute atomic E-state index is 0.0595. The number of hydrogen-bond donors (Lipinski definition) is 1. The van der Waals surface area contributed by atoms with E-state index in [1.165, 1.54) is 0 Å². The number of halogens is 1. The predicted octanol–water partition coefficient (Wildman–Crippen LogP) is 4.36. The van der Waals surface area contributed by atoms with Crippen LogP contribution in [0.4, 0.5) is 0 Å². The van der Waals surface area contributed by atoms with Gasteiger partial charge in [-0.05, 0) is 72.4 Å². The van der Waals surface area contributed by atoms with Gasteiger partial charge in [-0.1, -0.05) is 12.1 Å². The summed E-state index contributed by atoms with van der Waals surface area (Å²) in [5.74, 6) is 0.489. The molecule has 0 fully saturated rings. The summed E-state index contributed by atoms with van der Waals surface area (Å²) in [7, 11) is 0. The highest BCUT2D eigenvalue weighted by Crippen LogP contribution is 2.25. The molecule has 1 heterocycles. The highest BCUT2D eigenvalue weighted by Gasteiger charge is 2.09. The number of hydrazone groups is 1. The van der Waals surface area contributed by atoms with Crippen molar-refractivity contribution >= 4 is 38.9 Å². The van der Waals surface area contributed by atoms with Crippen LogP contribution in [-0.2, 0) is 4.79 Å². The van der Waals surface area contributed by atoms with E-state index in [1.54, 1.807) is 11.3 Å². The maximum absolute atomic E-state index is 11.9. The van der Waals surface area contributed by atoms with Gasteiger partial charge >= 0.3 is 0 Å². The maximum atomic E-state index is 11.9. The number of carbonyl (C=O) groups is 1. The molecule has 0 aliphatic rings. The van der Waals surface area contributed by atoms with E-state index in [1.807, 2.05) is 52.0 Å². The van der Waals surface area contributed by atoms with Crippen molar-refractivity contribution in [3.05, 3.63) is 49.6 Å². The first kappa shape index (κ1) is 17.7. The number of thiophene rings is 1. The summed E-state index contributed by atoms with van der Waals surface area (Å²) in [4.78, 5) is 12.9. The minimum Gasteiger partial charge on any atom is -0.483 e. The maximum Gasteiger partial charge on any atom is 0.277 e. The van der Waals surface area contributed by atoms with Crippen molar-refractivity contribution in [2.24, 2.45) is 5.10 Å². The van der Waals surface area contributed by atoms with Crippen LogP contribution in [-0.4, -0.2) is 18.2 Å². The first-order valence-electron chi connectivity index (χ1n) is 7.17. The summed E-state index contributed by atoms with van der Waals surface area (Å²) in [6.07, 6.45) is 0. The third-order valence-electron chi connectivity index (χ3n) is 3.50. The van der Waals surface area contributed by atoms with E-state index in [0.29, 0.717) is 0 Å². The Morgan fingerprint density at radius 3 is 2.57 bits per heavy atom. The number of ether oxygens (including phenoxy) is 1. The Labute approximate surface area is 148 Å². The van der Waals surface area contributed by atoms with E-state index in [4.69, 9.17) is 4.74 Å². The Bertz CT molecular complexity index is 753. The van der Waals surface area contributed by atoms with E-state index in [-0.39, 0.29) is 12.5 Å². The molecule has 0 atom stereocenters. The van der Waals surface area contributed by atoms with Crippen LogP contribution in [0.5, 0.6) is 5.75 Å². The fraction of sp³-hybridized carbons (Fsp3) is 0.294. The number of nitrogens with zero attached hydrogens (tertiary/aromatic N) is 1. The summed E-state index contributed by atoms with van der Waals surface area (Å²) >= 11 is 4.97. The zero-order chi connectivity index (χ0) is 17.0. The fourth-order valence-corrected chi connectivity index (χ4v) is 3.36. The molecular formula is C17H19BrN2O2S. The van der Waals surface area contributed by atoms with E-state index >= 15 is 0 Å². The molecule has 0 aliphatic carbocycles. The molecule has 1 N–H and O–H groups in total. The molecule has 0 spiro atoms. The molecule has 23 heavy (non-hydrogen) atoms. The molecule has 0 unspecified atom stereocenters. The van der Waals surface area contributed by atoms with Crippen LogP contribution >= 0.6 is 27.3 Å². The van der Waals surface area contributed by atoms with Gasteiger partial charge in [0, 0.05) is 0 Å². The van der Waals surface area contributed by atoms with Crippen molar-refractivity contribution in [1.82, 2.24) is 5.43 Å². The molecular weight excluding hydrogens is 376 g/mol. The number of nitrogens with one attached hydrogen (secondary N) is 1. The summed E-state index contributed by atoms with van der Waals surface area (Å²) < 4.78 is 6.70. The van der Waals surface area contributed by atoms with E-state index in [2.05, 4.69) is 26.5 Å². The Hall–Kier alpha value is -1.66. The second-order valence-corrected chi connectivity index (χ2v) is 7.74. The highest BCUT2D eigenvalue weighted by atomic mass is 79.9. The monoisotopic (exact) mass is 394 g/mol. The molecule has 0 bridgehead atoms. The average Bonchev–Trinajstić information content (AvgIpc) is 2.95. The quantitative estimate of drug-likeness (QED) is 0.604. The summed E-state index contributed by atoms with van der Waals surface area (Å²) in [6.45, 7) is 7.78. The molecule has 0 saturated carbocycles. The molecule has 6 heteroatoms. The van der Waals surface area contributed by atoms with E-state index < -0.39 is 0 Å². The second-order valence-electron chi connectivity index (χ2n) is 5.28. The van der Waals surface area contributed by atoms with Crippen LogP contribution in [0.2, 0.25) is 0 Å². The van der Waals surface area contributed by atoms with Crippen LogP contribution in [0.25, 0.3) is 0 Å². The number of benzene rings is 1. The number of aryl methyl sites for hydroxylation is 2. The van der Waals surface area contributed by atoms with Crippen molar-refractivity contribution in [2.75, 3.05) is 6.61 Å². The largest absolute Gasteiger partial charge is 0.483 e. The Balaban J connectivity index is 1.95. The van der Waals surface area contributed by atoms with Gasteiger partial charge in [-0.25, -0.2) is 5.43 Å². The summed E-state index contributed by atoms with van der Waals surface area (Å²) in [5.41, 5.74) is 6.51. The lowest BCUT2D eigenvalue weighted by Crippen LogP contribution is -2.25. The van der Waals surface area contributed by atoms with Crippen molar-refractivity contribution in [1.29, 1.82) is 0 Å². The van der Waals surface area contributed by atoms with Crippen molar-refractivity contribution in [3.8, 4) is 5.75 Å². The first-order chi connectivity index (χ1) is 10.9. The van der Waals surface area contributed by atoms with Crippen molar-refractivity contribution < 1.29 is 9.53 Å². The Morgan fingerprint density at radius 2 is 1.91 bits per heavy atom. The lowest BCUT2D eigenvalue weighted by Gasteiger charge is -2.13. The van der Waals surface area contributed by atoms with Gasteiger partial charge < -0.3 is 4.74 Å². The molecule has 2 aromatic rings. The van der Waals surface area contributed by atoms with E-state index in [0.717, 1.165) is 36.8 Å². The Kier molecular flexibility index (Phi) is 5.96. The van der Waals surface area contributed by atoms with Crippen LogP contribution < -0.4 is 10.2 Å². The van der Waals surface area contributed by atoms with E-state index in [9.17, 15) is 4.79 Å². The topological polar surface area (TPSA) is 50.7 Å². The third kappa shape index (κ3) is 4.65. The third-order valence-corrected chi connectivity index (χ3v) is 5.23. The van der Waals surface area contributed by atoms with Crippen LogP contribution in [0.15, 0.2) is 33.2 Å². The zero-order valence-corrected chi connectivity index (χ0v) is 16.0. The number of rotatable bonds is 5. The number of carbonyl (C=O) groups excluding carboxylic acids is 1. The SMILES string of the molecule is CC(=NNC(=O)COc1c(C)ccc(C)c1C)c1ccc(Br)s1. The predicted molar refractivity (Wildman–Crippen MR) is 98.5 cm³/mol. The lowest BCUT2D eigenvalue weighted by molar-refractivity contribution is -0.123. The Morgan fingerprint density at radius 1 is 1.22 bits per heavy atom. The number of hydrogen-bond acceptors (Lipinski definition) is 4. The molecule has 1 aromatic carbocycles. The van der Waals surface area contributed by atoms with Gasteiger partial charge in [-0.2, -0.15) is 5.10 Å². The summed E-state index contributed by atoms with van der Waals surface area (Å²) in [5, 5.41) is 4.11. The van der Waals surface area contributed by atoms with Gasteiger partial charge in [-0.3, -0.25) is 4.79 Å². The normalized spacial score (nSPS) is 11.4. The molecule has 2 rings (SSSR count). The van der Waals surface area contributed by atoms with Gasteiger partial charge in [0.25, 0.3) is 5.91 Å². The van der Waals surface area contributed by atoms with Gasteiger partial charge in [-0.15, -0.1) is 11.3 Å². The van der Waals surface area contributed by atoms with Crippen molar-refractivity contribution in [2.45, 2.75) is 27.7 Å². The molecule has 122 valence electrons. The smallest absolute Gasteiger partial charge is 0.277 e. The molecule has 4 nitrogen and oxygen atoms in total. The number of amides is 1. The molecule has 0 aliphatic heterocycles. The lowest BCUT2D eigenvalue weighted by atomic mass is 10.1. The first-order valence-corrected chi connectivity index (χ1v) is 8.78. The molecule has 0 radical (unpaired) electrons. The van der Waals surface area contributed by atoms with Crippen LogP contribution in [0.3, 0.4) is 0 Å². The van der Waals surface area contributed by atoms with Gasteiger partial charge in [0.05, 0.1) is 14.4 Å². The average molecular weight is 395 g/mol. The molecule has 0 saturated heterocycles. The minimum atomic E-state index is -0.278.